The van der Waals surface area contributed by atoms with Crippen molar-refractivity contribution in [2.45, 2.75) is 32.2 Å². The summed E-state index contributed by atoms with van der Waals surface area (Å²) in [5, 5.41) is 15.5. The Kier molecular flexibility index (Phi) is 6.12. The molecule has 30 heavy (non-hydrogen) atoms. The van der Waals surface area contributed by atoms with Crippen molar-refractivity contribution in [3.05, 3.63) is 65.1 Å². The van der Waals surface area contributed by atoms with Crippen LogP contribution >= 0.6 is 0 Å². The van der Waals surface area contributed by atoms with Crippen LogP contribution in [0.4, 0.5) is 11.5 Å². The zero-order chi connectivity index (χ0) is 20.8. The summed E-state index contributed by atoms with van der Waals surface area (Å²) in [6, 6.07) is 14.3. The molecule has 0 radical (unpaired) electrons. The molecule has 1 saturated heterocycles. The quantitative estimate of drug-likeness (QED) is 0.703. The van der Waals surface area contributed by atoms with Crippen molar-refractivity contribution < 1.29 is 4.79 Å². The van der Waals surface area contributed by atoms with Crippen LogP contribution in [0.1, 0.15) is 25.7 Å². The van der Waals surface area contributed by atoms with Gasteiger partial charge in [-0.1, -0.05) is 25.0 Å². The van der Waals surface area contributed by atoms with E-state index in [1.165, 1.54) is 37.9 Å². The number of hydrogen-bond acceptors (Lipinski definition) is 6. The topological polar surface area (TPSA) is 93.0 Å². The molecular formula is C22H24N6O2. The summed E-state index contributed by atoms with van der Waals surface area (Å²) in [7, 11) is 0. The van der Waals surface area contributed by atoms with Gasteiger partial charge in [-0.15, -0.1) is 10.2 Å². The predicted molar refractivity (Wildman–Crippen MR) is 115 cm³/mol. The van der Waals surface area contributed by atoms with E-state index >= 15 is 0 Å². The van der Waals surface area contributed by atoms with E-state index < -0.39 is 0 Å². The van der Waals surface area contributed by atoms with Crippen molar-refractivity contribution in [2.75, 3.05) is 23.3 Å². The molecule has 1 N–H and O–H groups in total. The first-order valence-electron chi connectivity index (χ1n) is 10.2. The Hall–Kier alpha value is -3.55. The molecule has 3 aromatic rings. The van der Waals surface area contributed by atoms with Gasteiger partial charge in [-0.3, -0.25) is 9.59 Å². The van der Waals surface area contributed by atoms with E-state index in [-0.39, 0.29) is 18.0 Å². The molecule has 8 nitrogen and oxygen atoms in total. The van der Waals surface area contributed by atoms with Gasteiger partial charge in [0.05, 0.1) is 5.69 Å². The van der Waals surface area contributed by atoms with Crippen LogP contribution < -0.4 is 15.8 Å². The molecule has 1 aliphatic rings. The number of anilines is 2. The summed E-state index contributed by atoms with van der Waals surface area (Å²) in [6.07, 6.45) is 6.40. The highest BCUT2D eigenvalue weighted by Crippen LogP contribution is 2.23. The first-order valence-corrected chi connectivity index (χ1v) is 10.2. The molecule has 1 aliphatic heterocycles. The number of hydrogen-bond donors (Lipinski definition) is 1. The Labute approximate surface area is 174 Å². The highest BCUT2D eigenvalue weighted by atomic mass is 16.2. The molecule has 4 rings (SSSR count). The van der Waals surface area contributed by atoms with Crippen LogP contribution in [0.25, 0.3) is 11.3 Å². The molecule has 1 amide bonds. The highest BCUT2D eigenvalue weighted by molar-refractivity contribution is 5.91. The van der Waals surface area contributed by atoms with Gasteiger partial charge in [-0.2, -0.15) is 5.10 Å². The predicted octanol–water partition coefficient (Wildman–Crippen LogP) is 2.72. The third-order valence-corrected chi connectivity index (χ3v) is 5.10. The standard InChI is InChI=1S/C22H24N6O2/c29-21(16-28-22(30)9-6-12-23-28)24-18-8-5-7-17(15-18)19-10-11-20(26-25-19)27-13-3-1-2-4-14-27/h5-12,15H,1-4,13-14,16H2,(H,24,29). The lowest BCUT2D eigenvalue weighted by Crippen LogP contribution is -2.28. The number of carbonyl (C=O) groups is 1. The van der Waals surface area contributed by atoms with E-state index in [1.807, 2.05) is 30.3 Å². The van der Waals surface area contributed by atoms with Gasteiger partial charge in [0, 0.05) is 36.6 Å². The smallest absolute Gasteiger partial charge is 0.267 e. The third kappa shape index (κ3) is 4.89. The number of aromatic nitrogens is 4. The molecular weight excluding hydrogens is 380 g/mol. The maximum absolute atomic E-state index is 12.3. The van der Waals surface area contributed by atoms with Crippen LogP contribution in [0.3, 0.4) is 0 Å². The number of rotatable bonds is 5. The van der Waals surface area contributed by atoms with E-state index in [0.717, 1.165) is 34.8 Å². The van der Waals surface area contributed by atoms with Crippen molar-refractivity contribution in [3.8, 4) is 11.3 Å². The van der Waals surface area contributed by atoms with Gasteiger partial charge in [0.15, 0.2) is 5.82 Å². The monoisotopic (exact) mass is 404 g/mol. The molecule has 154 valence electrons. The van der Waals surface area contributed by atoms with Crippen LogP contribution in [-0.2, 0) is 11.3 Å². The Morgan fingerprint density at radius 3 is 2.53 bits per heavy atom. The van der Waals surface area contributed by atoms with Crippen LogP contribution in [0, 0.1) is 0 Å². The number of nitrogens with one attached hydrogen (secondary N) is 1. The molecule has 8 heteroatoms. The molecule has 0 saturated carbocycles. The number of amides is 1. The summed E-state index contributed by atoms with van der Waals surface area (Å²) in [5.41, 5.74) is 1.91. The van der Waals surface area contributed by atoms with Crippen molar-refractivity contribution in [3.63, 3.8) is 0 Å². The lowest BCUT2D eigenvalue weighted by molar-refractivity contribution is -0.117. The fourth-order valence-electron chi connectivity index (χ4n) is 3.55. The molecule has 3 heterocycles. The SMILES string of the molecule is O=C(Cn1ncccc1=O)Nc1cccc(-c2ccc(N3CCCCCC3)nn2)c1. The Balaban J connectivity index is 1.44. The minimum Gasteiger partial charge on any atom is -0.355 e. The van der Waals surface area contributed by atoms with Crippen molar-refractivity contribution in [2.24, 2.45) is 0 Å². The highest BCUT2D eigenvalue weighted by Gasteiger charge is 2.12. The zero-order valence-electron chi connectivity index (χ0n) is 16.7. The lowest BCUT2D eigenvalue weighted by Gasteiger charge is -2.20. The second kappa shape index (κ2) is 9.30. The fourth-order valence-corrected chi connectivity index (χ4v) is 3.55. The van der Waals surface area contributed by atoms with Crippen molar-refractivity contribution in [1.29, 1.82) is 0 Å². The largest absolute Gasteiger partial charge is 0.355 e. The van der Waals surface area contributed by atoms with Crippen LogP contribution in [0.2, 0.25) is 0 Å². The third-order valence-electron chi connectivity index (χ3n) is 5.10. The second-order valence-electron chi connectivity index (χ2n) is 7.33. The van der Waals surface area contributed by atoms with Crippen LogP contribution in [-0.4, -0.2) is 39.0 Å². The van der Waals surface area contributed by atoms with Crippen molar-refractivity contribution in [1.82, 2.24) is 20.0 Å². The van der Waals surface area contributed by atoms with Gasteiger partial charge < -0.3 is 10.2 Å². The van der Waals surface area contributed by atoms with Gasteiger partial charge in [0.25, 0.3) is 5.56 Å². The van der Waals surface area contributed by atoms with E-state index in [0.29, 0.717) is 5.69 Å². The van der Waals surface area contributed by atoms with E-state index in [1.54, 1.807) is 12.1 Å². The first kappa shape index (κ1) is 19.8. The minimum atomic E-state index is -0.324. The summed E-state index contributed by atoms with van der Waals surface area (Å²) in [6.45, 7) is 1.90. The fraction of sp³-hybridized carbons (Fsp3) is 0.318. The lowest BCUT2D eigenvalue weighted by atomic mass is 10.1. The summed E-state index contributed by atoms with van der Waals surface area (Å²) in [4.78, 5) is 26.3. The van der Waals surface area contributed by atoms with Gasteiger partial charge in [-0.25, -0.2) is 4.68 Å². The zero-order valence-corrected chi connectivity index (χ0v) is 16.7. The molecule has 1 aromatic carbocycles. The molecule has 0 aliphatic carbocycles. The second-order valence-corrected chi connectivity index (χ2v) is 7.33. The molecule has 0 bridgehead atoms. The Morgan fingerprint density at radius 2 is 1.80 bits per heavy atom. The maximum Gasteiger partial charge on any atom is 0.267 e. The van der Waals surface area contributed by atoms with Crippen LogP contribution in [0.5, 0.6) is 0 Å². The van der Waals surface area contributed by atoms with E-state index in [2.05, 4.69) is 25.5 Å². The average Bonchev–Trinajstić information content (AvgIpc) is 3.05. The molecule has 0 atom stereocenters. The van der Waals surface area contributed by atoms with Crippen LogP contribution in [0.15, 0.2) is 59.5 Å². The molecule has 2 aromatic heterocycles. The normalized spacial score (nSPS) is 14.2. The number of carbonyl (C=O) groups excluding carboxylic acids is 1. The van der Waals surface area contributed by atoms with E-state index in [4.69, 9.17) is 0 Å². The number of benzene rings is 1. The summed E-state index contributed by atoms with van der Waals surface area (Å²) >= 11 is 0. The molecule has 0 spiro atoms. The summed E-state index contributed by atoms with van der Waals surface area (Å²) in [5.74, 6) is 0.585. The molecule has 1 fully saturated rings. The summed E-state index contributed by atoms with van der Waals surface area (Å²) < 4.78 is 1.12. The minimum absolute atomic E-state index is 0.145. The Bertz CT molecular complexity index is 1060. The average molecular weight is 404 g/mol. The van der Waals surface area contributed by atoms with Crippen molar-refractivity contribution >= 4 is 17.4 Å². The van der Waals surface area contributed by atoms with Gasteiger partial charge in [0.2, 0.25) is 5.91 Å². The van der Waals surface area contributed by atoms with Gasteiger partial charge in [0.1, 0.15) is 6.54 Å². The first-order chi connectivity index (χ1) is 14.7. The van der Waals surface area contributed by atoms with E-state index in [9.17, 15) is 9.59 Å². The Morgan fingerprint density at radius 1 is 0.967 bits per heavy atom. The number of nitrogens with zero attached hydrogens (tertiary/aromatic N) is 5. The van der Waals surface area contributed by atoms with Gasteiger partial charge >= 0.3 is 0 Å². The maximum atomic E-state index is 12.3. The molecule has 0 unspecified atom stereocenters. The van der Waals surface area contributed by atoms with Gasteiger partial charge in [-0.05, 0) is 43.2 Å².